The van der Waals surface area contributed by atoms with Crippen molar-refractivity contribution in [2.75, 3.05) is 4.90 Å². The maximum absolute atomic E-state index is 2.39. The Bertz CT molecular complexity index is 2490. The number of para-hydroxylation sites is 2. The Morgan fingerprint density at radius 2 is 0.926 bits per heavy atom. The van der Waals surface area contributed by atoms with Gasteiger partial charge in [0.05, 0.1) is 11.0 Å². The largest absolute Gasteiger partial charge is 0.310 e. The van der Waals surface area contributed by atoms with E-state index in [2.05, 4.69) is 227 Å². The van der Waals surface area contributed by atoms with Gasteiger partial charge in [0, 0.05) is 33.5 Å². The second kappa shape index (κ2) is 14.2. The van der Waals surface area contributed by atoms with Crippen molar-refractivity contribution in [1.82, 2.24) is 4.57 Å². The van der Waals surface area contributed by atoms with Crippen LogP contribution < -0.4 is 4.90 Å². The molecule has 1 atom stereocenters. The molecule has 0 saturated heterocycles. The number of anilines is 3. The number of hydrogen-bond donors (Lipinski definition) is 0. The van der Waals surface area contributed by atoms with E-state index in [1.807, 2.05) is 0 Å². The third-order valence-corrected chi connectivity index (χ3v) is 10.8. The maximum Gasteiger partial charge on any atom is 0.0542 e. The average molecular weight is 703 g/mol. The second-order valence-corrected chi connectivity index (χ2v) is 17.0. The quantitative estimate of drug-likeness (QED) is 0.153. The number of fused-ring (bicyclic) bond motifs is 3. The number of rotatable bonds is 8. The molecule has 1 aromatic heterocycles. The molecule has 0 spiro atoms. The summed E-state index contributed by atoms with van der Waals surface area (Å²) in [5.41, 5.74) is 13.7. The highest BCUT2D eigenvalue weighted by Crippen LogP contribution is 2.44. The molecule has 1 heterocycles. The smallest absolute Gasteiger partial charge is 0.0542 e. The molecule has 0 saturated carbocycles. The van der Waals surface area contributed by atoms with Crippen molar-refractivity contribution in [2.45, 2.75) is 53.9 Å². The van der Waals surface area contributed by atoms with Crippen LogP contribution in [0.4, 0.5) is 17.1 Å². The van der Waals surface area contributed by atoms with Gasteiger partial charge in [0.1, 0.15) is 0 Å². The topological polar surface area (TPSA) is 8.17 Å². The van der Waals surface area contributed by atoms with Crippen molar-refractivity contribution in [3.05, 3.63) is 181 Å². The highest BCUT2D eigenvalue weighted by atomic mass is 15.1. The van der Waals surface area contributed by atoms with Crippen LogP contribution in [0, 0.1) is 10.8 Å². The molecule has 0 aliphatic rings. The predicted molar refractivity (Wildman–Crippen MR) is 233 cm³/mol. The molecule has 0 N–H and O–H groups in total. The molecule has 1 unspecified atom stereocenters. The number of hydrogen-bond acceptors (Lipinski definition) is 1. The van der Waals surface area contributed by atoms with Crippen LogP contribution >= 0.6 is 0 Å². The van der Waals surface area contributed by atoms with E-state index in [1.165, 1.54) is 49.6 Å². The Hall–Kier alpha value is -5.86. The highest BCUT2D eigenvalue weighted by molar-refractivity contribution is 6.10. The molecule has 0 bridgehead atoms. The average Bonchev–Trinajstić information content (AvgIpc) is 3.51. The zero-order valence-corrected chi connectivity index (χ0v) is 32.4. The lowest BCUT2D eigenvalue weighted by Crippen LogP contribution is -2.23. The van der Waals surface area contributed by atoms with Crippen LogP contribution in [0.1, 0.15) is 59.4 Å². The maximum atomic E-state index is 2.39. The fourth-order valence-electron chi connectivity index (χ4n) is 8.08. The van der Waals surface area contributed by atoms with E-state index < -0.39 is 0 Å². The van der Waals surface area contributed by atoms with Crippen LogP contribution in [-0.2, 0) is 0 Å². The third-order valence-electron chi connectivity index (χ3n) is 10.8. The van der Waals surface area contributed by atoms with Crippen molar-refractivity contribution in [3.63, 3.8) is 0 Å². The van der Waals surface area contributed by atoms with E-state index in [9.17, 15) is 0 Å². The van der Waals surface area contributed by atoms with Gasteiger partial charge in [0.15, 0.2) is 0 Å². The second-order valence-electron chi connectivity index (χ2n) is 17.0. The first kappa shape index (κ1) is 35.2. The van der Waals surface area contributed by atoms with Crippen molar-refractivity contribution >= 4 is 38.9 Å². The van der Waals surface area contributed by atoms with Gasteiger partial charge in [-0.25, -0.2) is 0 Å². The van der Waals surface area contributed by atoms with Gasteiger partial charge in [-0.15, -0.1) is 0 Å². The Kier molecular flexibility index (Phi) is 9.24. The summed E-state index contributed by atoms with van der Waals surface area (Å²) in [5.74, 6) is 0.500. The van der Waals surface area contributed by atoms with Gasteiger partial charge < -0.3 is 9.47 Å². The summed E-state index contributed by atoms with van der Waals surface area (Å²) < 4.78 is 2.39. The molecule has 2 nitrogen and oxygen atoms in total. The molecule has 2 heteroatoms. The normalized spacial score (nSPS) is 12.6. The van der Waals surface area contributed by atoms with Gasteiger partial charge in [0.25, 0.3) is 0 Å². The summed E-state index contributed by atoms with van der Waals surface area (Å²) in [6.07, 6.45) is 1.16. The van der Waals surface area contributed by atoms with Gasteiger partial charge in [0.2, 0.25) is 0 Å². The first-order valence-corrected chi connectivity index (χ1v) is 19.3. The van der Waals surface area contributed by atoms with Crippen LogP contribution in [0.3, 0.4) is 0 Å². The molecule has 268 valence electrons. The zero-order chi connectivity index (χ0) is 37.5. The molecule has 0 aliphatic carbocycles. The first-order chi connectivity index (χ1) is 26.0. The van der Waals surface area contributed by atoms with E-state index in [0.29, 0.717) is 5.92 Å². The van der Waals surface area contributed by atoms with Gasteiger partial charge in [-0.05, 0) is 112 Å². The van der Waals surface area contributed by atoms with Gasteiger partial charge >= 0.3 is 0 Å². The SMILES string of the molecule is CC(C)(C)CC(c1ccc(-c2ccc(N(c3ccccc3)c3ccc4c(c3)c3ccccc3n4-c3ccc(-c4ccccc4)cc3)cc2)cc1)C(C)(C)C. The number of nitrogens with zero attached hydrogens (tertiary/aromatic N) is 2. The molecule has 54 heavy (non-hydrogen) atoms. The Morgan fingerprint density at radius 3 is 1.54 bits per heavy atom. The number of aromatic nitrogens is 1. The molecule has 0 radical (unpaired) electrons. The third kappa shape index (κ3) is 7.09. The molecule has 8 aromatic rings. The summed E-state index contributed by atoms with van der Waals surface area (Å²) in [5, 5.41) is 2.47. The summed E-state index contributed by atoms with van der Waals surface area (Å²) in [6.45, 7) is 14.2. The minimum atomic E-state index is 0.198. The fourth-order valence-corrected chi connectivity index (χ4v) is 8.08. The lowest BCUT2D eigenvalue weighted by Gasteiger charge is -2.36. The molecular formula is C52H50N2. The van der Waals surface area contributed by atoms with E-state index in [1.54, 1.807) is 0 Å². The summed E-state index contributed by atoms with van der Waals surface area (Å²) in [4.78, 5) is 2.37. The molecule has 8 rings (SSSR count). The van der Waals surface area contributed by atoms with E-state index >= 15 is 0 Å². The van der Waals surface area contributed by atoms with E-state index in [-0.39, 0.29) is 10.8 Å². The van der Waals surface area contributed by atoms with Crippen LogP contribution in [0.5, 0.6) is 0 Å². The monoisotopic (exact) mass is 702 g/mol. The minimum Gasteiger partial charge on any atom is -0.310 e. The summed E-state index contributed by atoms with van der Waals surface area (Å²) in [7, 11) is 0. The summed E-state index contributed by atoms with van der Waals surface area (Å²) >= 11 is 0. The minimum absolute atomic E-state index is 0.198. The van der Waals surface area contributed by atoms with Crippen LogP contribution in [0.15, 0.2) is 176 Å². The summed E-state index contributed by atoms with van der Waals surface area (Å²) in [6, 6.07) is 64.2. The lowest BCUT2D eigenvalue weighted by atomic mass is 9.69. The standard InChI is InChI=1S/C52H50N2/c1-51(2,3)36-48(52(4,5)6)41-23-21-38(22-24-41)40-25-29-43(30-26-40)53(42-17-11-8-12-18-42)45-33-34-50-47(35-45)46-19-13-14-20-49(46)54(50)44-31-27-39(28-32-44)37-15-9-7-10-16-37/h7-35,48H,36H2,1-6H3. The molecule has 0 amide bonds. The van der Waals surface area contributed by atoms with Crippen LogP contribution in [0.2, 0.25) is 0 Å². The first-order valence-electron chi connectivity index (χ1n) is 19.3. The lowest BCUT2D eigenvalue weighted by molar-refractivity contribution is 0.229. The van der Waals surface area contributed by atoms with Crippen molar-refractivity contribution < 1.29 is 0 Å². The molecule has 0 aliphatic heterocycles. The Labute approximate surface area is 321 Å². The predicted octanol–water partition coefficient (Wildman–Crippen LogP) is 15.2. The van der Waals surface area contributed by atoms with Gasteiger partial charge in [-0.1, -0.05) is 157 Å². The van der Waals surface area contributed by atoms with E-state index in [0.717, 1.165) is 29.2 Å². The molecule has 0 fully saturated rings. The van der Waals surface area contributed by atoms with Gasteiger partial charge in [-0.3, -0.25) is 0 Å². The van der Waals surface area contributed by atoms with Crippen molar-refractivity contribution in [2.24, 2.45) is 10.8 Å². The zero-order valence-electron chi connectivity index (χ0n) is 32.4. The Morgan fingerprint density at radius 1 is 0.444 bits per heavy atom. The van der Waals surface area contributed by atoms with Crippen molar-refractivity contribution in [1.29, 1.82) is 0 Å². The Balaban J connectivity index is 1.15. The fraction of sp³-hybridized carbons (Fsp3) is 0.192. The number of benzene rings is 7. The molecule has 7 aromatic carbocycles. The van der Waals surface area contributed by atoms with Crippen LogP contribution in [0.25, 0.3) is 49.7 Å². The van der Waals surface area contributed by atoms with Gasteiger partial charge in [-0.2, -0.15) is 0 Å². The molecular weight excluding hydrogens is 653 g/mol. The van der Waals surface area contributed by atoms with E-state index in [4.69, 9.17) is 0 Å². The van der Waals surface area contributed by atoms with Crippen LogP contribution in [-0.4, -0.2) is 4.57 Å². The van der Waals surface area contributed by atoms with Crippen molar-refractivity contribution in [3.8, 4) is 27.9 Å². The highest BCUT2D eigenvalue weighted by Gasteiger charge is 2.30.